The molecule has 1 atom stereocenters. The summed E-state index contributed by atoms with van der Waals surface area (Å²) < 4.78 is 0. The molecular formula is C13H10N2OS3. The van der Waals surface area contributed by atoms with Crippen molar-refractivity contribution in [1.29, 1.82) is 5.41 Å². The van der Waals surface area contributed by atoms with E-state index >= 15 is 0 Å². The minimum absolute atomic E-state index is 0.00208. The van der Waals surface area contributed by atoms with Crippen LogP contribution in [0.25, 0.3) is 6.08 Å². The molecule has 3 nitrogen and oxygen atoms in total. The van der Waals surface area contributed by atoms with E-state index in [4.69, 9.17) is 5.41 Å². The third-order valence-corrected chi connectivity index (χ3v) is 5.65. The minimum atomic E-state index is -0.489. The lowest BCUT2D eigenvalue weighted by atomic mass is 10.1. The van der Waals surface area contributed by atoms with Crippen LogP contribution in [0.3, 0.4) is 0 Å². The van der Waals surface area contributed by atoms with Crippen LogP contribution in [0.15, 0.2) is 27.9 Å². The van der Waals surface area contributed by atoms with Gasteiger partial charge in [-0.1, -0.05) is 11.8 Å². The number of aryl methyl sites for hydroxylation is 1. The third kappa shape index (κ3) is 2.31. The van der Waals surface area contributed by atoms with Crippen molar-refractivity contribution in [3.8, 4) is 0 Å². The first-order valence-electron chi connectivity index (χ1n) is 5.62. The molecule has 0 radical (unpaired) electrons. The number of aromatic nitrogens is 1. The Hall–Kier alpha value is -1.24. The number of carbonyl (C=O) groups excluding carboxylic acids is 1. The number of hydrogen-bond donors (Lipinski definition) is 1. The first kappa shape index (κ1) is 12.8. The molecule has 0 unspecified atom stereocenters. The van der Waals surface area contributed by atoms with Crippen molar-refractivity contribution in [2.45, 2.75) is 12.8 Å². The Labute approximate surface area is 122 Å². The highest BCUT2D eigenvalue weighted by Gasteiger charge is 2.38. The van der Waals surface area contributed by atoms with Crippen LogP contribution in [0.2, 0.25) is 0 Å². The van der Waals surface area contributed by atoms with Crippen molar-refractivity contribution in [3.05, 3.63) is 43.4 Å². The van der Waals surface area contributed by atoms with Crippen molar-refractivity contribution in [3.63, 3.8) is 0 Å². The van der Waals surface area contributed by atoms with Crippen LogP contribution in [0.5, 0.6) is 0 Å². The Balaban J connectivity index is 1.95. The van der Waals surface area contributed by atoms with Crippen LogP contribution < -0.4 is 0 Å². The van der Waals surface area contributed by atoms with Crippen molar-refractivity contribution in [2.24, 2.45) is 0 Å². The zero-order chi connectivity index (χ0) is 13.4. The fraction of sp³-hybridized carbons (Fsp3) is 0.154. The summed E-state index contributed by atoms with van der Waals surface area (Å²) >= 11 is 4.30. The predicted octanol–water partition coefficient (Wildman–Crippen LogP) is 3.93. The summed E-state index contributed by atoms with van der Waals surface area (Å²) in [6, 6.07) is 2.03. The van der Waals surface area contributed by atoms with Crippen molar-refractivity contribution in [2.75, 3.05) is 0 Å². The number of nitrogens with zero attached hydrogens (tertiary/aromatic N) is 1. The zero-order valence-corrected chi connectivity index (χ0v) is 12.5. The fourth-order valence-corrected chi connectivity index (χ4v) is 4.56. The molecule has 1 fully saturated rings. The zero-order valence-electron chi connectivity index (χ0n) is 10.0. The van der Waals surface area contributed by atoms with Gasteiger partial charge in [-0.2, -0.15) is 0 Å². The van der Waals surface area contributed by atoms with E-state index in [0.29, 0.717) is 15.0 Å². The highest BCUT2D eigenvalue weighted by molar-refractivity contribution is 8.19. The molecule has 19 heavy (non-hydrogen) atoms. The number of ketones is 1. The van der Waals surface area contributed by atoms with E-state index in [9.17, 15) is 4.79 Å². The van der Waals surface area contributed by atoms with Crippen LogP contribution >= 0.6 is 34.4 Å². The molecule has 0 aromatic carbocycles. The van der Waals surface area contributed by atoms with Crippen molar-refractivity contribution >= 4 is 51.3 Å². The van der Waals surface area contributed by atoms with Crippen LogP contribution in [0, 0.1) is 12.3 Å². The van der Waals surface area contributed by atoms with E-state index in [-0.39, 0.29) is 5.78 Å². The lowest BCUT2D eigenvalue weighted by Crippen LogP contribution is -2.11. The van der Waals surface area contributed by atoms with E-state index in [1.54, 1.807) is 17.5 Å². The molecular weight excluding hydrogens is 296 g/mol. The second-order valence-corrected chi connectivity index (χ2v) is 7.07. The van der Waals surface area contributed by atoms with Gasteiger partial charge in [0.15, 0.2) is 5.78 Å². The van der Waals surface area contributed by atoms with Gasteiger partial charge < -0.3 is 0 Å². The largest absolute Gasteiger partial charge is 0.297 e. The number of nitrogens with one attached hydrogen (secondary N) is 1. The summed E-state index contributed by atoms with van der Waals surface area (Å²) in [6.07, 6.45) is 3.57. The van der Waals surface area contributed by atoms with Gasteiger partial charge in [0.05, 0.1) is 9.95 Å². The van der Waals surface area contributed by atoms with Gasteiger partial charge in [0.25, 0.3) is 0 Å². The highest BCUT2D eigenvalue weighted by Crippen LogP contribution is 2.41. The second kappa shape index (κ2) is 5.03. The highest BCUT2D eigenvalue weighted by atomic mass is 32.2. The minimum Gasteiger partial charge on any atom is -0.297 e. The summed E-state index contributed by atoms with van der Waals surface area (Å²) in [7, 11) is 0. The maximum atomic E-state index is 12.4. The summed E-state index contributed by atoms with van der Waals surface area (Å²) in [5.41, 5.74) is 1.16. The topological polar surface area (TPSA) is 53.8 Å². The maximum absolute atomic E-state index is 12.4. The molecule has 1 aliphatic heterocycles. The first-order chi connectivity index (χ1) is 9.16. The van der Waals surface area contributed by atoms with Gasteiger partial charge in [0, 0.05) is 16.5 Å². The molecule has 1 aliphatic rings. The summed E-state index contributed by atoms with van der Waals surface area (Å²) in [6.45, 7) is 2.02. The molecule has 2 aromatic rings. The van der Waals surface area contributed by atoms with Gasteiger partial charge in [-0.25, -0.2) is 4.98 Å². The number of rotatable bonds is 2. The summed E-state index contributed by atoms with van der Waals surface area (Å²) in [5.74, 6) is -0.491. The number of hydrogen-bond acceptors (Lipinski definition) is 6. The van der Waals surface area contributed by atoms with E-state index < -0.39 is 5.92 Å². The lowest BCUT2D eigenvalue weighted by molar-refractivity contribution is -0.114. The standard InChI is InChI=1S/C13H10N2OS3/c1-7-2-4-17-8(7)6-9-11(16)10(12(14)19-9)13-15-3-5-18-13/h2-6,10,14H,1H3/b9-6-,14-12?/t10-/m0/s1. The van der Waals surface area contributed by atoms with Gasteiger partial charge in [0.2, 0.25) is 0 Å². The summed E-state index contributed by atoms with van der Waals surface area (Å²) in [4.78, 5) is 18.3. The Morgan fingerprint density at radius 1 is 1.37 bits per heavy atom. The normalized spacial score (nSPS) is 21.5. The number of carbonyl (C=O) groups is 1. The number of thiazole rings is 1. The maximum Gasteiger partial charge on any atom is 0.186 e. The van der Waals surface area contributed by atoms with Gasteiger partial charge in [-0.15, -0.1) is 22.7 Å². The van der Waals surface area contributed by atoms with Crippen LogP contribution in [-0.4, -0.2) is 15.8 Å². The van der Waals surface area contributed by atoms with Crippen molar-refractivity contribution < 1.29 is 4.79 Å². The predicted molar refractivity (Wildman–Crippen MR) is 82.2 cm³/mol. The quantitative estimate of drug-likeness (QED) is 0.855. The molecule has 0 bridgehead atoms. The smallest absolute Gasteiger partial charge is 0.186 e. The average Bonchev–Trinajstić information content (AvgIpc) is 3.05. The molecule has 1 N–H and O–H groups in total. The molecule has 3 heterocycles. The van der Waals surface area contributed by atoms with E-state index in [2.05, 4.69) is 4.98 Å². The van der Waals surface area contributed by atoms with E-state index in [1.165, 1.54) is 23.1 Å². The van der Waals surface area contributed by atoms with Gasteiger partial charge in [-0.05, 0) is 30.0 Å². The number of thiophene rings is 1. The molecule has 0 amide bonds. The Bertz CT molecular complexity index is 670. The number of thioether (sulfide) groups is 1. The second-order valence-electron chi connectivity index (χ2n) is 4.11. The van der Waals surface area contributed by atoms with Gasteiger partial charge in [0.1, 0.15) is 10.9 Å². The van der Waals surface area contributed by atoms with Crippen LogP contribution in [-0.2, 0) is 4.79 Å². The molecule has 0 aliphatic carbocycles. The van der Waals surface area contributed by atoms with Crippen LogP contribution in [0.1, 0.15) is 21.4 Å². The fourth-order valence-electron chi connectivity index (χ4n) is 1.84. The summed E-state index contributed by atoms with van der Waals surface area (Å²) in [5, 5.41) is 12.9. The van der Waals surface area contributed by atoms with E-state index in [1.807, 2.05) is 29.8 Å². The molecule has 0 saturated carbocycles. The van der Waals surface area contributed by atoms with Gasteiger partial charge in [-0.3, -0.25) is 10.2 Å². The lowest BCUT2D eigenvalue weighted by Gasteiger charge is -2.01. The monoisotopic (exact) mass is 306 g/mol. The third-order valence-electron chi connectivity index (χ3n) is 2.85. The SMILES string of the molecule is Cc1ccsc1/C=C1\SC(=N)[C@@H](c2nccs2)C1=O. The molecule has 1 saturated heterocycles. The Kier molecular flexibility index (Phi) is 3.38. The molecule has 2 aromatic heterocycles. The first-order valence-corrected chi connectivity index (χ1v) is 8.20. The number of allylic oxidation sites excluding steroid dienone is 1. The average molecular weight is 306 g/mol. The number of Topliss-reactive ketones (excluding diaryl/α,β-unsaturated/α-hetero) is 1. The van der Waals surface area contributed by atoms with Crippen LogP contribution in [0.4, 0.5) is 0 Å². The molecule has 6 heteroatoms. The van der Waals surface area contributed by atoms with Gasteiger partial charge >= 0.3 is 0 Å². The Morgan fingerprint density at radius 2 is 2.21 bits per heavy atom. The molecule has 0 spiro atoms. The molecule has 96 valence electrons. The molecule has 3 rings (SSSR count). The van der Waals surface area contributed by atoms with Crippen molar-refractivity contribution in [1.82, 2.24) is 4.98 Å². The Morgan fingerprint density at radius 3 is 2.84 bits per heavy atom. The van der Waals surface area contributed by atoms with E-state index in [0.717, 1.165) is 10.4 Å².